The maximum Gasteiger partial charge on any atom is 0.191 e. The summed E-state index contributed by atoms with van der Waals surface area (Å²) in [5.74, 6) is 0.959. The molecule has 144 valence electrons. The number of aliphatic imine (C=N–C) groups is 1. The summed E-state index contributed by atoms with van der Waals surface area (Å²) in [7, 11) is 1.73. The average molecular weight is 492 g/mol. The van der Waals surface area contributed by atoms with Crippen molar-refractivity contribution in [1.82, 2.24) is 15.6 Å². The van der Waals surface area contributed by atoms with E-state index in [1.54, 1.807) is 30.5 Å². The molecule has 8 heteroatoms. The van der Waals surface area contributed by atoms with E-state index in [1.165, 1.54) is 17.0 Å². The van der Waals surface area contributed by atoms with E-state index in [2.05, 4.69) is 27.5 Å². The van der Waals surface area contributed by atoms with Gasteiger partial charge in [0.15, 0.2) is 5.96 Å². The summed E-state index contributed by atoms with van der Waals surface area (Å²) in [6, 6.07) is 6.20. The molecule has 1 unspecified atom stereocenters. The Hall–Kier alpha value is -1.42. The molecule has 1 heterocycles. The molecule has 2 aromatic rings. The monoisotopic (exact) mass is 492 g/mol. The van der Waals surface area contributed by atoms with E-state index >= 15 is 0 Å². The second-order valence-electron chi connectivity index (χ2n) is 5.60. The molecule has 0 aliphatic heterocycles. The highest BCUT2D eigenvalue weighted by Crippen LogP contribution is 2.14. The van der Waals surface area contributed by atoms with Crippen LogP contribution in [0.5, 0.6) is 5.75 Å². The second-order valence-corrected chi connectivity index (χ2v) is 6.92. The van der Waals surface area contributed by atoms with E-state index in [1.807, 2.05) is 13.1 Å². The molecule has 0 radical (unpaired) electrons. The zero-order chi connectivity index (χ0) is 18.1. The molecule has 2 N–H and O–H groups in total. The molecule has 0 amide bonds. The van der Waals surface area contributed by atoms with Gasteiger partial charge in [-0.15, -0.1) is 35.3 Å². The minimum atomic E-state index is -0.296. The Bertz CT molecular complexity index is 695. The number of thiazole rings is 1. The molecule has 0 saturated carbocycles. The number of hydrogen-bond acceptors (Lipinski definition) is 4. The highest BCUT2D eigenvalue weighted by atomic mass is 127. The molecule has 0 bridgehead atoms. The van der Waals surface area contributed by atoms with Crippen molar-refractivity contribution in [2.45, 2.75) is 32.8 Å². The van der Waals surface area contributed by atoms with Crippen LogP contribution in [0.2, 0.25) is 0 Å². The van der Waals surface area contributed by atoms with Crippen LogP contribution < -0.4 is 15.4 Å². The van der Waals surface area contributed by atoms with E-state index in [4.69, 9.17) is 4.74 Å². The molecule has 0 spiro atoms. The van der Waals surface area contributed by atoms with Gasteiger partial charge in [-0.25, -0.2) is 9.37 Å². The number of benzene rings is 1. The number of aryl methyl sites for hydroxylation is 1. The van der Waals surface area contributed by atoms with Gasteiger partial charge < -0.3 is 15.4 Å². The predicted molar refractivity (Wildman–Crippen MR) is 116 cm³/mol. The summed E-state index contributed by atoms with van der Waals surface area (Å²) >= 11 is 1.71. The maximum absolute atomic E-state index is 13.2. The first-order valence-corrected chi connectivity index (χ1v) is 9.20. The van der Waals surface area contributed by atoms with Gasteiger partial charge in [0.25, 0.3) is 0 Å². The van der Waals surface area contributed by atoms with Crippen LogP contribution in [-0.4, -0.2) is 37.2 Å². The van der Waals surface area contributed by atoms with Crippen LogP contribution in [0.1, 0.15) is 23.2 Å². The zero-order valence-corrected chi connectivity index (χ0v) is 18.4. The quantitative estimate of drug-likeness (QED) is 0.335. The molecule has 0 aliphatic carbocycles. The first-order valence-electron chi connectivity index (χ1n) is 8.38. The van der Waals surface area contributed by atoms with Gasteiger partial charge in [-0.1, -0.05) is 13.0 Å². The minimum absolute atomic E-state index is 0. The summed E-state index contributed by atoms with van der Waals surface area (Å²) < 4.78 is 19.1. The lowest BCUT2D eigenvalue weighted by Crippen LogP contribution is -2.43. The fourth-order valence-electron chi connectivity index (χ4n) is 2.24. The number of aromatic nitrogens is 1. The Kier molecular flexibility index (Phi) is 10.5. The standard InChI is InChI=1S/C18H25FN4OS.HI/c1-4-15(24-16-7-5-6-14(19)10-16)12-23-18(20-3)21-9-8-17-22-11-13(2)25-17;/h5-7,10-11,15H,4,8-9,12H2,1-3H3,(H2,20,21,23);1H. The van der Waals surface area contributed by atoms with E-state index in [0.29, 0.717) is 12.3 Å². The number of ether oxygens (including phenoxy) is 1. The van der Waals surface area contributed by atoms with Crippen LogP contribution in [0.3, 0.4) is 0 Å². The first-order chi connectivity index (χ1) is 12.1. The second kappa shape index (κ2) is 12.1. The van der Waals surface area contributed by atoms with Crippen LogP contribution in [0.4, 0.5) is 4.39 Å². The Morgan fingerprint density at radius 1 is 1.38 bits per heavy atom. The third-order valence-electron chi connectivity index (χ3n) is 3.58. The van der Waals surface area contributed by atoms with Crippen molar-refractivity contribution in [2.75, 3.05) is 20.1 Å². The minimum Gasteiger partial charge on any atom is -0.489 e. The van der Waals surface area contributed by atoms with Gasteiger partial charge in [-0.05, 0) is 25.5 Å². The predicted octanol–water partition coefficient (Wildman–Crippen LogP) is 3.77. The fourth-order valence-corrected chi connectivity index (χ4v) is 3.02. The van der Waals surface area contributed by atoms with E-state index in [0.717, 1.165) is 30.4 Å². The van der Waals surface area contributed by atoms with Crippen LogP contribution in [0.15, 0.2) is 35.5 Å². The normalized spacial score (nSPS) is 12.2. The molecular weight excluding hydrogens is 466 g/mol. The molecule has 26 heavy (non-hydrogen) atoms. The molecule has 0 fully saturated rings. The van der Waals surface area contributed by atoms with Crippen LogP contribution >= 0.6 is 35.3 Å². The number of guanidine groups is 1. The summed E-state index contributed by atoms with van der Waals surface area (Å²) in [6.45, 7) is 5.43. The largest absolute Gasteiger partial charge is 0.489 e. The summed E-state index contributed by atoms with van der Waals surface area (Å²) in [6.07, 6.45) is 3.49. The molecule has 1 atom stereocenters. The number of halogens is 2. The Labute approximate surface area is 175 Å². The Morgan fingerprint density at radius 2 is 2.19 bits per heavy atom. The van der Waals surface area contributed by atoms with Crippen molar-refractivity contribution < 1.29 is 9.13 Å². The van der Waals surface area contributed by atoms with Crippen molar-refractivity contribution in [1.29, 1.82) is 0 Å². The van der Waals surface area contributed by atoms with Crippen molar-refractivity contribution in [3.05, 3.63) is 46.2 Å². The Morgan fingerprint density at radius 3 is 2.81 bits per heavy atom. The van der Waals surface area contributed by atoms with Crippen LogP contribution in [0, 0.1) is 12.7 Å². The lowest BCUT2D eigenvalue weighted by atomic mass is 10.2. The van der Waals surface area contributed by atoms with Crippen LogP contribution in [0.25, 0.3) is 0 Å². The number of hydrogen-bond donors (Lipinski definition) is 2. The molecular formula is C18H26FIN4OS. The maximum atomic E-state index is 13.2. The first kappa shape index (κ1) is 22.6. The summed E-state index contributed by atoms with van der Waals surface area (Å²) in [5, 5.41) is 7.63. The smallest absolute Gasteiger partial charge is 0.191 e. The number of nitrogens with zero attached hydrogens (tertiary/aromatic N) is 2. The van der Waals surface area contributed by atoms with Crippen molar-refractivity contribution >= 4 is 41.3 Å². The average Bonchev–Trinajstić information content (AvgIpc) is 3.02. The van der Waals surface area contributed by atoms with Crippen molar-refractivity contribution in [3.8, 4) is 5.75 Å². The summed E-state index contributed by atoms with van der Waals surface area (Å²) in [5.41, 5.74) is 0. The van der Waals surface area contributed by atoms with Gasteiger partial charge in [0.05, 0.1) is 11.6 Å². The van der Waals surface area contributed by atoms with Crippen molar-refractivity contribution in [3.63, 3.8) is 0 Å². The third kappa shape index (κ3) is 7.86. The topological polar surface area (TPSA) is 58.5 Å². The van der Waals surface area contributed by atoms with Crippen molar-refractivity contribution in [2.24, 2.45) is 4.99 Å². The van der Waals surface area contributed by atoms with E-state index < -0.39 is 0 Å². The molecule has 1 aromatic heterocycles. The molecule has 2 rings (SSSR count). The van der Waals surface area contributed by atoms with Gasteiger partial charge in [0.2, 0.25) is 0 Å². The zero-order valence-electron chi connectivity index (χ0n) is 15.3. The number of rotatable bonds is 8. The van der Waals surface area contributed by atoms with E-state index in [-0.39, 0.29) is 35.9 Å². The lowest BCUT2D eigenvalue weighted by molar-refractivity contribution is 0.199. The lowest BCUT2D eigenvalue weighted by Gasteiger charge is -2.20. The van der Waals surface area contributed by atoms with Gasteiger partial charge in [-0.2, -0.15) is 0 Å². The van der Waals surface area contributed by atoms with E-state index in [9.17, 15) is 4.39 Å². The van der Waals surface area contributed by atoms with Gasteiger partial charge in [-0.3, -0.25) is 4.99 Å². The molecule has 1 aromatic carbocycles. The summed E-state index contributed by atoms with van der Waals surface area (Å²) in [4.78, 5) is 9.78. The van der Waals surface area contributed by atoms with Gasteiger partial charge in [0, 0.05) is 37.2 Å². The Balaban J connectivity index is 0.00000338. The SMILES string of the molecule is CCC(CNC(=NC)NCCc1ncc(C)s1)Oc1cccc(F)c1.I. The molecule has 0 saturated heterocycles. The van der Waals surface area contributed by atoms with Gasteiger partial charge >= 0.3 is 0 Å². The third-order valence-corrected chi connectivity index (χ3v) is 4.55. The highest BCUT2D eigenvalue weighted by molar-refractivity contribution is 14.0. The van der Waals surface area contributed by atoms with Gasteiger partial charge in [0.1, 0.15) is 17.7 Å². The fraction of sp³-hybridized carbons (Fsp3) is 0.444. The highest BCUT2D eigenvalue weighted by Gasteiger charge is 2.10. The van der Waals surface area contributed by atoms with Crippen LogP contribution in [-0.2, 0) is 6.42 Å². The molecule has 5 nitrogen and oxygen atoms in total. The molecule has 0 aliphatic rings. The number of nitrogens with one attached hydrogen (secondary N) is 2.